The van der Waals surface area contributed by atoms with Crippen molar-refractivity contribution in [2.75, 3.05) is 13.2 Å². The van der Waals surface area contributed by atoms with Gasteiger partial charge >= 0.3 is 12.6 Å². The molecule has 0 saturated carbocycles. The summed E-state index contributed by atoms with van der Waals surface area (Å²) in [5, 5.41) is 7.69. The van der Waals surface area contributed by atoms with Crippen molar-refractivity contribution < 1.29 is 37.4 Å². The summed E-state index contributed by atoms with van der Waals surface area (Å²) in [4.78, 5) is 57.9. The molecule has 1 aromatic carbocycles. The fourth-order valence-electron chi connectivity index (χ4n) is 5.04. The molecule has 44 heavy (non-hydrogen) atoms. The molecule has 1 saturated heterocycles. The van der Waals surface area contributed by atoms with Gasteiger partial charge in [0.1, 0.15) is 17.5 Å². The summed E-state index contributed by atoms with van der Waals surface area (Å²) in [6.07, 6.45) is 2.70. The molecular formula is C31H39F2N5O6. The van der Waals surface area contributed by atoms with Gasteiger partial charge in [-0.25, -0.2) is 5.43 Å². The molecule has 2 aliphatic rings. The van der Waals surface area contributed by atoms with Crippen molar-refractivity contribution in [3.63, 3.8) is 0 Å². The molecule has 11 nitrogen and oxygen atoms in total. The van der Waals surface area contributed by atoms with Gasteiger partial charge in [0.25, 0.3) is 11.8 Å². The molecule has 0 aliphatic carbocycles. The van der Waals surface area contributed by atoms with E-state index in [-0.39, 0.29) is 5.91 Å². The second kappa shape index (κ2) is 13.8. The maximum absolute atomic E-state index is 13.5. The first-order valence-corrected chi connectivity index (χ1v) is 14.7. The van der Waals surface area contributed by atoms with Crippen molar-refractivity contribution in [1.29, 1.82) is 0 Å². The molecule has 5 bridgehead atoms. The Morgan fingerprint density at radius 1 is 1.07 bits per heavy atom. The molecule has 0 radical (unpaired) electrons. The second-order valence-electron chi connectivity index (χ2n) is 11.9. The van der Waals surface area contributed by atoms with E-state index in [0.717, 1.165) is 5.39 Å². The molecule has 3 heterocycles. The van der Waals surface area contributed by atoms with Crippen LogP contribution >= 0.6 is 0 Å². The van der Waals surface area contributed by atoms with Gasteiger partial charge in [-0.05, 0) is 57.2 Å². The lowest BCUT2D eigenvalue weighted by Gasteiger charge is -2.35. The van der Waals surface area contributed by atoms with Gasteiger partial charge in [-0.3, -0.25) is 29.2 Å². The highest BCUT2D eigenvalue weighted by molar-refractivity contribution is 5.91. The number of pyridine rings is 1. The van der Waals surface area contributed by atoms with Gasteiger partial charge < -0.3 is 20.1 Å². The Morgan fingerprint density at radius 2 is 1.77 bits per heavy atom. The van der Waals surface area contributed by atoms with Crippen molar-refractivity contribution in [2.45, 2.75) is 78.3 Å². The third-order valence-corrected chi connectivity index (χ3v) is 7.76. The van der Waals surface area contributed by atoms with Gasteiger partial charge in [0.15, 0.2) is 6.10 Å². The van der Waals surface area contributed by atoms with Crippen molar-refractivity contribution in [2.24, 2.45) is 11.3 Å². The molecule has 13 heteroatoms. The maximum atomic E-state index is 13.5. The number of amides is 3. The Kier molecular flexibility index (Phi) is 10.3. The zero-order chi connectivity index (χ0) is 32.2. The molecular weight excluding hydrogens is 576 g/mol. The van der Waals surface area contributed by atoms with Gasteiger partial charge in [-0.15, -0.1) is 0 Å². The Balaban J connectivity index is 1.75. The number of carbonyl (C=O) groups excluding carboxylic acids is 4. The van der Waals surface area contributed by atoms with Crippen molar-refractivity contribution in [3.05, 3.63) is 47.7 Å². The highest BCUT2D eigenvalue weighted by Crippen LogP contribution is 2.27. The minimum atomic E-state index is -3.14. The van der Waals surface area contributed by atoms with Crippen LogP contribution in [0.25, 0.3) is 17.0 Å². The van der Waals surface area contributed by atoms with Gasteiger partial charge in [0, 0.05) is 11.9 Å². The first kappa shape index (κ1) is 32.9. The van der Waals surface area contributed by atoms with E-state index in [1.807, 2.05) is 18.2 Å². The lowest BCUT2D eigenvalue weighted by atomic mass is 9.90. The molecule has 2 aromatic rings. The molecule has 238 valence electrons. The van der Waals surface area contributed by atoms with E-state index in [1.54, 1.807) is 39.0 Å². The lowest BCUT2D eigenvalue weighted by molar-refractivity contribution is -0.179. The third-order valence-electron chi connectivity index (χ3n) is 7.76. The summed E-state index contributed by atoms with van der Waals surface area (Å²) < 4.78 is 36.3. The van der Waals surface area contributed by atoms with Crippen LogP contribution in [0.2, 0.25) is 0 Å². The number of cyclic esters (lactones) is 1. The molecule has 1 fully saturated rings. The fraction of sp³-hybridized carbons (Fsp3) is 0.516. The zero-order valence-electron chi connectivity index (χ0n) is 25.4. The van der Waals surface area contributed by atoms with Gasteiger partial charge in [-0.2, -0.15) is 8.78 Å². The third kappa shape index (κ3) is 7.75. The predicted octanol–water partition coefficient (Wildman–Crippen LogP) is 3.25. The van der Waals surface area contributed by atoms with E-state index < -0.39 is 66.6 Å². The number of aromatic nitrogens is 1. The highest BCUT2D eigenvalue weighted by Gasteiger charge is 2.39. The van der Waals surface area contributed by atoms with Gasteiger partial charge in [-0.1, -0.05) is 44.2 Å². The fourth-order valence-corrected chi connectivity index (χ4v) is 5.04. The molecule has 0 spiro atoms. The Morgan fingerprint density at radius 3 is 2.48 bits per heavy atom. The molecule has 2 aliphatic heterocycles. The van der Waals surface area contributed by atoms with Crippen LogP contribution in [0.3, 0.4) is 0 Å². The van der Waals surface area contributed by atoms with E-state index in [9.17, 15) is 28.0 Å². The summed E-state index contributed by atoms with van der Waals surface area (Å²) >= 11 is 0. The number of esters is 1. The van der Waals surface area contributed by atoms with Crippen LogP contribution in [0.5, 0.6) is 0 Å². The van der Waals surface area contributed by atoms with Crippen LogP contribution in [0.4, 0.5) is 8.78 Å². The molecule has 3 amide bonds. The van der Waals surface area contributed by atoms with E-state index in [1.165, 1.54) is 24.9 Å². The summed E-state index contributed by atoms with van der Waals surface area (Å²) in [7, 11) is 0. The number of carbonyl (C=O) groups is 4. The van der Waals surface area contributed by atoms with Crippen LogP contribution in [-0.2, 0) is 28.7 Å². The number of hydrogen-bond donors (Lipinski definition) is 3. The number of fused-ring (bicyclic) bond motifs is 4. The summed E-state index contributed by atoms with van der Waals surface area (Å²) in [6.45, 7) is 4.46. The van der Waals surface area contributed by atoms with E-state index in [0.29, 0.717) is 36.2 Å². The number of ether oxygens (including phenoxy) is 2. The molecule has 1 aromatic heterocycles. The molecule has 5 unspecified atom stereocenters. The van der Waals surface area contributed by atoms with E-state index in [4.69, 9.17) is 9.72 Å². The van der Waals surface area contributed by atoms with Crippen molar-refractivity contribution in [3.8, 4) is 0 Å². The van der Waals surface area contributed by atoms with Crippen LogP contribution < -0.4 is 16.1 Å². The first-order valence-electron chi connectivity index (χ1n) is 14.7. The highest BCUT2D eigenvalue weighted by atomic mass is 19.3. The Bertz CT molecular complexity index is 1440. The monoisotopic (exact) mass is 615 g/mol. The number of hydrazine groups is 1. The van der Waals surface area contributed by atoms with E-state index >= 15 is 0 Å². The van der Waals surface area contributed by atoms with Crippen LogP contribution in [0, 0.1) is 11.3 Å². The van der Waals surface area contributed by atoms with Crippen molar-refractivity contribution >= 4 is 40.7 Å². The number of hydrogen-bond acceptors (Lipinski definition) is 8. The quantitative estimate of drug-likeness (QED) is 0.446. The smallest absolute Gasteiger partial charge is 0.345 e. The predicted molar refractivity (Wildman–Crippen MR) is 158 cm³/mol. The molecule has 4 rings (SSSR count). The summed E-state index contributed by atoms with van der Waals surface area (Å²) in [5.74, 6) is -2.97. The average molecular weight is 616 g/mol. The van der Waals surface area contributed by atoms with Crippen LogP contribution in [0.1, 0.15) is 64.8 Å². The summed E-state index contributed by atoms with van der Waals surface area (Å²) in [6, 6.07) is 6.90. The van der Waals surface area contributed by atoms with Crippen LogP contribution in [-0.4, -0.2) is 71.6 Å². The topological polar surface area (TPSA) is 139 Å². The molecule has 5 atom stereocenters. The number of halogens is 2. The summed E-state index contributed by atoms with van der Waals surface area (Å²) in [5.41, 5.74) is 3.12. The Hall–Kier alpha value is -3.97. The van der Waals surface area contributed by atoms with Gasteiger partial charge in [0.05, 0.1) is 23.9 Å². The largest absolute Gasteiger partial charge is 0.451 e. The number of benzene rings is 1. The standard InChI is InChI=1S/C31H39F2N5O6/c1-17(2)25-27(40)35-19(4)28(41)38-14-6-7-23(37-38)26(39)34-18(3)22-11-10-21-9-8-20(15-24(21)36-22)12-13-31(5,29(42)44-25)16-43-30(32)33/h8-13,15,17-19,23,25,30,37H,6-7,14,16H2,1-5H3,(H,34,39)(H,35,40). The maximum Gasteiger partial charge on any atom is 0.345 e. The Labute approximate surface area is 254 Å². The van der Waals surface area contributed by atoms with Crippen molar-refractivity contribution in [1.82, 2.24) is 26.1 Å². The number of nitrogens with zero attached hydrogens (tertiary/aromatic N) is 2. The SMILES string of the molecule is CC1NC(=O)C(C(C)C)OC(=O)C(C)(COC(F)F)C=Cc2ccc3ccc(nc3c2)C(C)NC(=O)C2CCCN(N2)C1=O. The second-order valence-corrected chi connectivity index (χ2v) is 11.9. The number of alkyl halides is 2. The average Bonchev–Trinajstić information content (AvgIpc) is 2.99. The minimum absolute atomic E-state index is 0.298. The normalized spacial score (nSPS) is 27.4. The first-order chi connectivity index (χ1) is 20.8. The number of nitrogens with one attached hydrogen (secondary N) is 3. The number of rotatable bonds is 4. The van der Waals surface area contributed by atoms with E-state index in [2.05, 4.69) is 20.8 Å². The molecule has 3 N–H and O–H groups in total. The minimum Gasteiger partial charge on any atom is -0.451 e. The van der Waals surface area contributed by atoms with Gasteiger partial charge in [0.2, 0.25) is 5.91 Å². The van der Waals surface area contributed by atoms with Crippen LogP contribution in [0.15, 0.2) is 36.4 Å². The lowest BCUT2D eigenvalue weighted by Crippen LogP contribution is -2.61. The zero-order valence-corrected chi connectivity index (χ0v) is 25.4.